The highest BCUT2D eigenvalue weighted by Gasteiger charge is 2.24. The normalized spacial score (nSPS) is 13.5. The first-order valence-corrected chi connectivity index (χ1v) is 28.9. The van der Waals surface area contributed by atoms with Crippen LogP contribution in [-0.4, -0.2) is 46.9 Å². The molecule has 0 aliphatic carbocycles. The maximum atomic E-state index is 13.3. The summed E-state index contributed by atoms with van der Waals surface area (Å²) in [6, 6.07) is -0.708. The summed E-state index contributed by atoms with van der Waals surface area (Å²) in [7, 11) is 0. The number of ether oxygens (including phenoxy) is 1. The van der Waals surface area contributed by atoms with Crippen LogP contribution in [0.25, 0.3) is 0 Å². The Labute approximate surface area is 410 Å². The maximum absolute atomic E-state index is 13.3. The summed E-state index contributed by atoms with van der Waals surface area (Å²) >= 11 is 0. The van der Waals surface area contributed by atoms with Crippen LogP contribution in [0.4, 0.5) is 0 Å². The van der Waals surface area contributed by atoms with E-state index in [0.29, 0.717) is 19.3 Å². The minimum Gasteiger partial charge on any atom is -0.462 e. The highest BCUT2D eigenvalue weighted by molar-refractivity contribution is 5.77. The van der Waals surface area contributed by atoms with Gasteiger partial charge in [-0.1, -0.05) is 249 Å². The molecule has 6 nitrogen and oxygen atoms in total. The van der Waals surface area contributed by atoms with Crippen molar-refractivity contribution in [1.82, 2.24) is 5.32 Å². The highest BCUT2D eigenvalue weighted by Crippen LogP contribution is 2.18. The molecule has 1 amide bonds. The van der Waals surface area contributed by atoms with Crippen molar-refractivity contribution >= 4 is 11.9 Å². The molecule has 0 fully saturated rings. The second-order valence-electron chi connectivity index (χ2n) is 19.7. The van der Waals surface area contributed by atoms with Crippen molar-refractivity contribution in [3.8, 4) is 0 Å². The van der Waals surface area contributed by atoms with Crippen LogP contribution in [0.2, 0.25) is 0 Å². The summed E-state index contributed by atoms with van der Waals surface area (Å²) in [6.45, 7) is 6.47. The second kappa shape index (κ2) is 53.8. The number of amides is 1. The minimum atomic E-state index is -0.793. The van der Waals surface area contributed by atoms with E-state index in [4.69, 9.17) is 4.74 Å². The first kappa shape index (κ1) is 63.8. The quantitative estimate of drug-likeness (QED) is 0.0244. The molecule has 0 rings (SSSR count). The van der Waals surface area contributed by atoms with Crippen LogP contribution in [0.5, 0.6) is 0 Å². The van der Waals surface area contributed by atoms with Crippen molar-refractivity contribution in [2.45, 2.75) is 315 Å². The van der Waals surface area contributed by atoms with E-state index in [1.54, 1.807) is 0 Å². The van der Waals surface area contributed by atoms with Gasteiger partial charge in [0.1, 0.15) is 6.10 Å². The van der Waals surface area contributed by atoms with Gasteiger partial charge in [0.05, 0.1) is 25.2 Å². The van der Waals surface area contributed by atoms with Gasteiger partial charge >= 0.3 is 5.97 Å². The molecule has 0 radical (unpaired) electrons. The van der Waals surface area contributed by atoms with Crippen molar-refractivity contribution < 1.29 is 24.5 Å². The molecule has 0 aromatic carbocycles. The predicted octanol–water partition coefficient (Wildman–Crippen LogP) is 17.8. The first-order valence-electron chi connectivity index (χ1n) is 28.9. The molecule has 0 bridgehead atoms. The maximum Gasteiger partial charge on any atom is 0.306 e. The SMILES string of the molecule is CCCCC/C=C\C/C=C\CCCCCCCCCC(CC(=O)NC(CO)C(O)CCCCCCCCCCCCCC)OC(=O)CCCCCCC/C=C/C=C/CCCCCCCCC. The van der Waals surface area contributed by atoms with E-state index in [-0.39, 0.29) is 24.9 Å². The third kappa shape index (κ3) is 48.3. The number of carbonyl (C=O) groups is 2. The van der Waals surface area contributed by atoms with Gasteiger partial charge in [-0.25, -0.2) is 0 Å². The van der Waals surface area contributed by atoms with E-state index in [0.717, 1.165) is 83.5 Å². The number of hydrogen-bond donors (Lipinski definition) is 3. The Balaban J connectivity index is 4.60. The van der Waals surface area contributed by atoms with E-state index in [1.165, 1.54) is 167 Å². The zero-order chi connectivity index (χ0) is 48.1. The van der Waals surface area contributed by atoms with Gasteiger partial charge in [0.25, 0.3) is 0 Å². The number of esters is 1. The van der Waals surface area contributed by atoms with E-state index in [9.17, 15) is 19.8 Å². The third-order valence-electron chi connectivity index (χ3n) is 13.2. The van der Waals surface area contributed by atoms with Gasteiger partial charge in [0.2, 0.25) is 5.91 Å². The summed E-state index contributed by atoms with van der Waals surface area (Å²) in [4.78, 5) is 26.3. The molecule has 66 heavy (non-hydrogen) atoms. The molecule has 0 aliphatic heterocycles. The lowest BCUT2D eigenvalue weighted by Gasteiger charge is -2.24. The first-order chi connectivity index (χ1) is 32.5. The molecular formula is C60H111NO5. The van der Waals surface area contributed by atoms with Crippen molar-refractivity contribution in [2.24, 2.45) is 0 Å². The van der Waals surface area contributed by atoms with Crippen LogP contribution < -0.4 is 5.32 Å². The number of allylic oxidation sites excluding steroid dienone is 8. The van der Waals surface area contributed by atoms with Crippen LogP contribution >= 0.6 is 0 Å². The number of aliphatic hydroxyl groups excluding tert-OH is 2. The average molecular weight is 927 g/mol. The molecule has 3 unspecified atom stereocenters. The van der Waals surface area contributed by atoms with E-state index >= 15 is 0 Å². The Morgan fingerprint density at radius 2 is 0.818 bits per heavy atom. The van der Waals surface area contributed by atoms with Crippen molar-refractivity contribution in [3.63, 3.8) is 0 Å². The fraction of sp³-hybridized carbons (Fsp3) is 0.833. The number of aliphatic hydroxyl groups is 2. The molecule has 0 heterocycles. The van der Waals surface area contributed by atoms with Gasteiger partial charge in [-0.3, -0.25) is 9.59 Å². The molecular weight excluding hydrogens is 815 g/mol. The molecule has 386 valence electrons. The van der Waals surface area contributed by atoms with Gasteiger partial charge in [-0.2, -0.15) is 0 Å². The minimum absolute atomic E-state index is 0.0670. The lowest BCUT2D eigenvalue weighted by Crippen LogP contribution is -2.46. The van der Waals surface area contributed by atoms with Gasteiger partial charge in [-0.05, 0) is 83.5 Å². The van der Waals surface area contributed by atoms with E-state index < -0.39 is 18.2 Å². The van der Waals surface area contributed by atoms with Gasteiger partial charge in [0, 0.05) is 6.42 Å². The molecule has 0 aliphatic rings. The molecule has 3 N–H and O–H groups in total. The lowest BCUT2D eigenvalue weighted by molar-refractivity contribution is -0.151. The molecule has 3 atom stereocenters. The van der Waals surface area contributed by atoms with Crippen molar-refractivity contribution in [2.75, 3.05) is 6.61 Å². The van der Waals surface area contributed by atoms with Crippen LogP contribution in [0, 0.1) is 0 Å². The number of rotatable bonds is 52. The highest BCUT2D eigenvalue weighted by atomic mass is 16.5. The number of hydrogen-bond acceptors (Lipinski definition) is 5. The largest absolute Gasteiger partial charge is 0.462 e. The molecule has 0 saturated heterocycles. The summed E-state index contributed by atoms with van der Waals surface area (Å²) in [5, 5.41) is 23.8. The fourth-order valence-electron chi connectivity index (χ4n) is 8.75. The lowest BCUT2D eigenvalue weighted by atomic mass is 10.0. The van der Waals surface area contributed by atoms with Crippen LogP contribution in [0.15, 0.2) is 48.6 Å². The Kier molecular flexibility index (Phi) is 52.0. The van der Waals surface area contributed by atoms with Crippen LogP contribution in [0.1, 0.15) is 297 Å². The summed E-state index contributed by atoms with van der Waals surface area (Å²) < 4.78 is 5.96. The molecule has 0 spiro atoms. The molecule has 0 saturated carbocycles. The predicted molar refractivity (Wildman–Crippen MR) is 287 cm³/mol. The van der Waals surface area contributed by atoms with Crippen molar-refractivity contribution in [1.29, 1.82) is 0 Å². The van der Waals surface area contributed by atoms with Gasteiger partial charge in [-0.15, -0.1) is 0 Å². The van der Waals surface area contributed by atoms with E-state index in [1.807, 2.05) is 0 Å². The number of unbranched alkanes of at least 4 members (excludes halogenated alkanes) is 33. The standard InChI is InChI=1S/C60H111NO5/c1-4-7-10-13-16-19-22-25-27-29-31-33-35-38-41-44-47-50-53-60(65)66-56(51-48-45-42-39-36-34-32-30-28-26-23-20-17-14-11-8-5-2)54-59(64)61-57(55-62)58(63)52-49-46-43-40-37-24-21-18-15-12-9-6-3/h17,20,26-29,31,33,56-58,62-63H,4-16,18-19,21-25,30,32,34-55H2,1-3H3,(H,61,64)/b20-17-,28-26-,29-27+,33-31+. The Morgan fingerprint density at radius 1 is 0.455 bits per heavy atom. The number of nitrogens with one attached hydrogen (secondary N) is 1. The smallest absolute Gasteiger partial charge is 0.306 e. The van der Waals surface area contributed by atoms with Crippen LogP contribution in [0.3, 0.4) is 0 Å². The number of carbonyl (C=O) groups excluding carboxylic acids is 2. The summed E-state index contributed by atoms with van der Waals surface area (Å²) in [6.07, 6.45) is 66.0. The monoisotopic (exact) mass is 926 g/mol. The van der Waals surface area contributed by atoms with Gasteiger partial charge < -0.3 is 20.3 Å². The molecule has 6 heteroatoms. The topological polar surface area (TPSA) is 95.9 Å². The van der Waals surface area contributed by atoms with E-state index in [2.05, 4.69) is 74.7 Å². The molecule has 0 aromatic rings. The second-order valence-corrected chi connectivity index (χ2v) is 19.7. The van der Waals surface area contributed by atoms with Crippen LogP contribution in [-0.2, 0) is 14.3 Å². The third-order valence-corrected chi connectivity index (χ3v) is 13.2. The summed E-state index contributed by atoms with van der Waals surface area (Å²) in [5.74, 6) is -0.489. The van der Waals surface area contributed by atoms with Crippen molar-refractivity contribution in [3.05, 3.63) is 48.6 Å². The molecule has 0 aromatic heterocycles. The summed E-state index contributed by atoms with van der Waals surface area (Å²) in [5.41, 5.74) is 0. The Morgan fingerprint density at radius 3 is 1.27 bits per heavy atom. The van der Waals surface area contributed by atoms with Gasteiger partial charge in [0.15, 0.2) is 0 Å². The Bertz CT molecular complexity index is 1130. The fourth-order valence-corrected chi connectivity index (χ4v) is 8.75. The zero-order valence-corrected chi connectivity index (χ0v) is 44.1. The Hall–Kier alpha value is -2.18. The average Bonchev–Trinajstić information content (AvgIpc) is 3.31. The zero-order valence-electron chi connectivity index (χ0n) is 44.1.